The number of rotatable bonds is 4. The molecule has 142 valence electrons. The highest BCUT2D eigenvalue weighted by atomic mass is 16.1. The Morgan fingerprint density at radius 2 is 1.83 bits per heavy atom. The van der Waals surface area contributed by atoms with Crippen molar-refractivity contribution in [2.75, 3.05) is 5.32 Å². The molecule has 3 heteroatoms. The molecule has 1 aromatic heterocycles. The van der Waals surface area contributed by atoms with E-state index in [1.54, 1.807) is 0 Å². The summed E-state index contributed by atoms with van der Waals surface area (Å²) >= 11 is 0. The molecule has 0 spiro atoms. The number of aromatic nitrogens is 1. The van der Waals surface area contributed by atoms with Gasteiger partial charge >= 0.3 is 0 Å². The number of benzene rings is 3. The van der Waals surface area contributed by atoms with Crippen molar-refractivity contribution in [1.82, 2.24) is 4.98 Å². The summed E-state index contributed by atoms with van der Waals surface area (Å²) in [6.45, 7) is 2.08. The SMILES string of the molecule is Cc1ccc(-c2cc3c(C=O)cccc3nc2N[C@@H]2CCc3ccccc32)cc1. The van der Waals surface area contributed by atoms with Gasteiger partial charge in [0.15, 0.2) is 6.29 Å². The first-order chi connectivity index (χ1) is 14.2. The van der Waals surface area contributed by atoms with Crippen LogP contribution >= 0.6 is 0 Å². The van der Waals surface area contributed by atoms with Gasteiger partial charge < -0.3 is 5.32 Å². The molecule has 0 unspecified atom stereocenters. The van der Waals surface area contributed by atoms with Gasteiger partial charge in [0.2, 0.25) is 0 Å². The molecule has 0 aliphatic heterocycles. The average Bonchev–Trinajstić information content (AvgIpc) is 3.16. The number of pyridine rings is 1. The maximum atomic E-state index is 11.6. The van der Waals surface area contributed by atoms with Crippen molar-refractivity contribution < 1.29 is 4.79 Å². The van der Waals surface area contributed by atoms with Gasteiger partial charge in [-0.05, 0) is 48.6 Å². The Bertz CT molecular complexity index is 1210. The Hall–Kier alpha value is -3.46. The maximum absolute atomic E-state index is 11.6. The number of nitrogens with one attached hydrogen (secondary N) is 1. The van der Waals surface area contributed by atoms with Crippen LogP contribution in [0.3, 0.4) is 0 Å². The summed E-state index contributed by atoms with van der Waals surface area (Å²) in [6, 6.07) is 25.1. The molecule has 1 aliphatic carbocycles. The number of fused-ring (bicyclic) bond motifs is 2. The zero-order chi connectivity index (χ0) is 19.8. The molecule has 1 atom stereocenters. The number of carbonyl (C=O) groups is 1. The van der Waals surface area contributed by atoms with Gasteiger partial charge in [-0.1, -0.05) is 66.2 Å². The van der Waals surface area contributed by atoms with Crippen LogP contribution in [0.1, 0.15) is 39.5 Å². The minimum absolute atomic E-state index is 0.245. The van der Waals surface area contributed by atoms with E-state index in [9.17, 15) is 4.79 Å². The number of aldehydes is 1. The zero-order valence-electron chi connectivity index (χ0n) is 16.4. The molecular weight excluding hydrogens is 356 g/mol. The molecule has 3 nitrogen and oxygen atoms in total. The number of aryl methyl sites for hydroxylation is 2. The first kappa shape index (κ1) is 17.6. The number of carbonyl (C=O) groups excluding carboxylic acids is 1. The van der Waals surface area contributed by atoms with Crippen LogP contribution in [0.2, 0.25) is 0 Å². The summed E-state index contributed by atoms with van der Waals surface area (Å²) in [5.41, 5.74) is 7.60. The van der Waals surface area contributed by atoms with Crippen LogP contribution in [-0.2, 0) is 6.42 Å². The van der Waals surface area contributed by atoms with E-state index in [0.717, 1.165) is 47.0 Å². The Morgan fingerprint density at radius 3 is 2.66 bits per heavy atom. The molecule has 4 aromatic rings. The van der Waals surface area contributed by atoms with Gasteiger partial charge in [-0.3, -0.25) is 4.79 Å². The molecule has 29 heavy (non-hydrogen) atoms. The van der Waals surface area contributed by atoms with E-state index in [-0.39, 0.29) is 6.04 Å². The Morgan fingerprint density at radius 1 is 1.00 bits per heavy atom. The van der Waals surface area contributed by atoms with E-state index in [0.29, 0.717) is 5.56 Å². The lowest BCUT2D eigenvalue weighted by Gasteiger charge is -2.19. The number of anilines is 1. The Kier molecular flexibility index (Phi) is 4.36. The zero-order valence-corrected chi connectivity index (χ0v) is 16.4. The van der Waals surface area contributed by atoms with Crippen molar-refractivity contribution in [2.45, 2.75) is 25.8 Å². The van der Waals surface area contributed by atoms with E-state index < -0.39 is 0 Å². The lowest BCUT2D eigenvalue weighted by Crippen LogP contribution is -2.10. The monoisotopic (exact) mass is 378 g/mol. The fourth-order valence-corrected chi connectivity index (χ4v) is 4.26. The average molecular weight is 378 g/mol. The number of hydrogen-bond donors (Lipinski definition) is 1. The lowest BCUT2D eigenvalue weighted by molar-refractivity contribution is 0.112. The quantitative estimate of drug-likeness (QED) is 0.435. The predicted molar refractivity (Wildman–Crippen MR) is 118 cm³/mol. The van der Waals surface area contributed by atoms with Crippen molar-refractivity contribution in [3.63, 3.8) is 0 Å². The first-order valence-electron chi connectivity index (χ1n) is 10.0. The van der Waals surface area contributed by atoms with E-state index in [1.807, 2.05) is 18.2 Å². The van der Waals surface area contributed by atoms with E-state index in [4.69, 9.17) is 4.98 Å². The van der Waals surface area contributed by atoms with Crippen LogP contribution < -0.4 is 5.32 Å². The Balaban J connectivity index is 1.66. The van der Waals surface area contributed by atoms with Gasteiger partial charge in [-0.25, -0.2) is 4.98 Å². The van der Waals surface area contributed by atoms with Crippen molar-refractivity contribution in [2.24, 2.45) is 0 Å². The van der Waals surface area contributed by atoms with E-state index in [2.05, 4.69) is 66.8 Å². The second-order valence-corrected chi connectivity index (χ2v) is 7.72. The van der Waals surface area contributed by atoms with Crippen LogP contribution in [0.15, 0.2) is 72.8 Å². The highest BCUT2D eigenvalue weighted by molar-refractivity contribution is 6.00. The van der Waals surface area contributed by atoms with Gasteiger partial charge in [-0.2, -0.15) is 0 Å². The van der Waals surface area contributed by atoms with Crippen molar-refractivity contribution in [3.8, 4) is 11.1 Å². The minimum Gasteiger partial charge on any atom is -0.363 e. The fourth-order valence-electron chi connectivity index (χ4n) is 4.26. The smallest absolute Gasteiger partial charge is 0.150 e. The van der Waals surface area contributed by atoms with Gasteiger partial charge in [-0.15, -0.1) is 0 Å². The standard InChI is InChI=1S/C26H22N2O/c1-17-9-11-19(12-10-17)23-15-22-20(16-29)6-4-8-24(22)27-26(23)28-25-14-13-18-5-2-3-7-21(18)25/h2-12,15-16,25H,13-14H2,1H3,(H,27,28)/t25-/m1/s1. The predicted octanol–water partition coefficient (Wildman–Crippen LogP) is 6.12. The second-order valence-electron chi connectivity index (χ2n) is 7.72. The molecule has 0 amide bonds. The molecule has 1 heterocycles. The largest absolute Gasteiger partial charge is 0.363 e. The van der Waals surface area contributed by atoms with Crippen LogP contribution in [0, 0.1) is 6.92 Å². The lowest BCUT2D eigenvalue weighted by atomic mass is 10.00. The molecule has 5 rings (SSSR count). The normalized spacial score (nSPS) is 15.3. The van der Waals surface area contributed by atoms with E-state index >= 15 is 0 Å². The summed E-state index contributed by atoms with van der Waals surface area (Å²) in [6.07, 6.45) is 3.04. The first-order valence-corrected chi connectivity index (χ1v) is 10.0. The molecule has 1 N–H and O–H groups in total. The topological polar surface area (TPSA) is 42.0 Å². The third-order valence-electron chi connectivity index (χ3n) is 5.83. The second kappa shape index (κ2) is 7.17. The summed E-state index contributed by atoms with van der Waals surface area (Å²) < 4.78 is 0. The number of nitrogens with zero attached hydrogens (tertiary/aromatic N) is 1. The van der Waals surface area contributed by atoms with Crippen molar-refractivity contribution >= 4 is 23.0 Å². The summed E-state index contributed by atoms with van der Waals surface area (Å²) in [5, 5.41) is 4.59. The third-order valence-corrected chi connectivity index (χ3v) is 5.83. The van der Waals surface area contributed by atoms with Gasteiger partial charge in [0.25, 0.3) is 0 Å². The molecule has 0 saturated carbocycles. The summed E-state index contributed by atoms with van der Waals surface area (Å²) in [4.78, 5) is 16.5. The van der Waals surface area contributed by atoms with Gasteiger partial charge in [0.1, 0.15) is 5.82 Å². The maximum Gasteiger partial charge on any atom is 0.150 e. The molecule has 1 aliphatic rings. The molecular formula is C26H22N2O. The van der Waals surface area contributed by atoms with Gasteiger partial charge in [0, 0.05) is 16.5 Å². The molecule has 0 fully saturated rings. The third kappa shape index (κ3) is 3.19. The molecule has 0 bridgehead atoms. The molecule has 0 saturated heterocycles. The van der Waals surface area contributed by atoms with Crippen LogP contribution in [0.25, 0.3) is 22.0 Å². The highest BCUT2D eigenvalue weighted by Crippen LogP contribution is 2.37. The molecule has 3 aromatic carbocycles. The minimum atomic E-state index is 0.245. The Labute approximate surface area is 170 Å². The highest BCUT2D eigenvalue weighted by Gasteiger charge is 2.23. The van der Waals surface area contributed by atoms with Crippen LogP contribution in [0.4, 0.5) is 5.82 Å². The van der Waals surface area contributed by atoms with Gasteiger partial charge in [0.05, 0.1) is 11.6 Å². The molecule has 0 radical (unpaired) electrons. The fraction of sp³-hybridized carbons (Fsp3) is 0.154. The summed E-state index contributed by atoms with van der Waals surface area (Å²) in [7, 11) is 0. The van der Waals surface area contributed by atoms with Crippen molar-refractivity contribution in [3.05, 3.63) is 95.1 Å². The van der Waals surface area contributed by atoms with Crippen LogP contribution in [0.5, 0.6) is 0 Å². The van der Waals surface area contributed by atoms with E-state index in [1.165, 1.54) is 16.7 Å². The number of hydrogen-bond acceptors (Lipinski definition) is 3. The summed E-state index contributed by atoms with van der Waals surface area (Å²) in [5.74, 6) is 0.867. The van der Waals surface area contributed by atoms with Crippen molar-refractivity contribution in [1.29, 1.82) is 0 Å². The van der Waals surface area contributed by atoms with Crippen LogP contribution in [-0.4, -0.2) is 11.3 Å².